The largest absolute Gasteiger partial charge is 0.506 e. The van der Waals surface area contributed by atoms with E-state index in [-0.39, 0.29) is 5.75 Å². The van der Waals surface area contributed by atoms with Crippen molar-refractivity contribution < 1.29 is 14.6 Å². The summed E-state index contributed by atoms with van der Waals surface area (Å²) in [5.74, 6) is 1.56. The van der Waals surface area contributed by atoms with Crippen molar-refractivity contribution in [1.82, 2.24) is 0 Å². The Hall–Kier alpha value is -1.87. The summed E-state index contributed by atoms with van der Waals surface area (Å²) in [5, 5.41) is 9.96. The predicted molar refractivity (Wildman–Crippen MR) is 69.5 cm³/mol. The molecule has 3 nitrogen and oxygen atoms in total. The molecule has 92 valence electrons. The molecule has 1 aliphatic heterocycles. The van der Waals surface area contributed by atoms with Gasteiger partial charge in [-0.3, -0.25) is 0 Å². The third-order valence-corrected chi connectivity index (χ3v) is 3.14. The molecular formula is C14H11ClO3. The van der Waals surface area contributed by atoms with Crippen molar-refractivity contribution in [3.8, 4) is 28.4 Å². The van der Waals surface area contributed by atoms with E-state index >= 15 is 0 Å². The lowest BCUT2D eigenvalue weighted by atomic mass is 10.0. The number of phenols is 1. The minimum atomic E-state index is 0.0732. The number of aromatic hydroxyl groups is 1. The number of ether oxygens (including phenoxy) is 2. The van der Waals surface area contributed by atoms with Gasteiger partial charge in [0.05, 0.1) is 5.02 Å². The van der Waals surface area contributed by atoms with Crippen LogP contribution in [0.4, 0.5) is 0 Å². The van der Waals surface area contributed by atoms with Crippen molar-refractivity contribution in [1.29, 1.82) is 0 Å². The molecule has 4 heteroatoms. The fourth-order valence-electron chi connectivity index (χ4n) is 1.92. The summed E-state index contributed by atoms with van der Waals surface area (Å²) in [6, 6.07) is 10.9. The van der Waals surface area contributed by atoms with Crippen molar-refractivity contribution in [2.24, 2.45) is 0 Å². The second-order valence-electron chi connectivity index (χ2n) is 4.02. The van der Waals surface area contributed by atoms with Crippen molar-refractivity contribution in [3.05, 3.63) is 41.4 Å². The highest BCUT2D eigenvalue weighted by atomic mass is 35.5. The van der Waals surface area contributed by atoms with Gasteiger partial charge in [-0.25, -0.2) is 0 Å². The summed E-state index contributed by atoms with van der Waals surface area (Å²) >= 11 is 5.79. The Labute approximate surface area is 110 Å². The minimum absolute atomic E-state index is 0.0732. The molecule has 0 saturated carbocycles. The van der Waals surface area contributed by atoms with Crippen LogP contribution in [0.15, 0.2) is 36.4 Å². The van der Waals surface area contributed by atoms with Gasteiger partial charge in [0.1, 0.15) is 19.0 Å². The standard InChI is InChI=1S/C14H11ClO3/c15-11-3-1-9(7-12(11)16)10-2-4-13-14(8-10)18-6-5-17-13/h1-4,7-8,16H,5-6H2. The Kier molecular flexibility index (Phi) is 2.76. The summed E-state index contributed by atoms with van der Waals surface area (Å²) in [7, 11) is 0. The van der Waals surface area contributed by atoms with Gasteiger partial charge in [0, 0.05) is 0 Å². The third-order valence-electron chi connectivity index (χ3n) is 2.82. The monoisotopic (exact) mass is 262 g/mol. The number of benzene rings is 2. The third kappa shape index (κ3) is 1.97. The van der Waals surface area contributed by atoms with Crippen LogP contribution in [0.5, 0.6) is 17.2 Å². The molecule has 1 aliphatic rings. The Balaban J connectivity index is 2.03. The summed E-state index contributed by atoms with van der Waals surface area (Å²) in [6.07, 6.45) is 0. The number of phenolic OH excluding ortho intramolecular Hbond substituents is 1. The molecule has 0 bridgehead atoms. The molecular weight excluding hydrogens is 252 g/mol. The molecule has 0 radical (unpaired) electrons. The molecule has 0 fully saturated rings. The van der Waals surface area contributed by atoms with Crippen molar-refractivity contribution in [2.75, 3.05) is 13.2 Å². The normalized spacial score (nSPS) is 13.4. The van der Waals surface area contributed by atoms with Crippen LogP contribution in [0, 0.1) is 0 Å². The van der Waals surface area contributed by atoms with E-state index in [0.717, 1.165) is 22.6 Å². The van der Waals surface area contributed by atoms with Gasteiger partial charge in [-0.15, -0.1) is 0 Å². The molecule has 18 heavy (non-hydrogen) atoms. The smallest absolute Gasteiger partial charge is 0.161 e. The fourth-order valence-corrected chi connectivity index (χ4v) is 2.03. The second-order valence-corrected chi connectivity index (χ2v) is 4.43. The van der Waals surface area contributed by atoms with E-state index in [2.05, 4.69) is 0 Å². The number of hydrogen-bond acceptors (Lipinski definition) is 3. The van der Waals surface area contributed by atoms with E-state index < -0.39 is 0 Å². The highest BCUT2D eigenvalue weighted by Gasteiger charge is 2.12. The highest BCUT2D eigenvalue weighted by molar-refractivity contribution is 6.32. The average Bonchev–Trinajstić information content (AvgIpc) is 2.41. The summed E-state index contributed by atoms with van der Waals surface area (Å²) in [5.41, 5.74) is 1.83. The van der Waals surface area contributed by atoms with Gasteiger partial charge in [0.2, 0.25) is 0 Å². The first kappa shape index (κ1) is 11.2. The topological polar surface area (TPSA) is 38.7 Å². The summed E-state index contributed by atoms with van der Waals surface area (Å²) in [6.45, 7) is 1.14. The molecule has 2 aromatic rings. The first-order valence-corrected chi connectivity index (χ1v) is 6.00. The molecule has 0 saturated heterocycles. The maximum atomic E-state index is 9.61. The van der Waals surface area contributed by atoms with Crippen LogP contribution in [0.2, 0.25) is 5.02 Å². The van der Waals surface area contributed by atoms with Crippen molar-refractivity contribution in [2.45, 2.75) is 0 Å². The molecule has 0 atom stereocenters. The van der Waals surface area contributed by atoms with Crippen LogP contribution in [-0.4, -0.2) is 18.3 Å². The van der Waals surface area contributed by atoms with Crippen LogP contribution in [0.25, 0.3) is 11.1 Å². The number of rotatable bonds is 1. The summed E-state index contributed by atoms with van der Waals surface area (Å²) in [4.78, 5) is 0. The number of hydrogen-bond donors (Lipinski definition) is 1. The first-order valence-electron chi connectivity index (χ1n) is 5.62. The van der Waals surface area contributed by atoms with Crippen molar-refractivity contribution >= 4 is 11.6 Å². The van der Waals surface area contributed by atoms with Gasteiger partial charge in [0.25, 0.3) is 0 Å². The predicted octanol–water partition coefficient (Wildman–Crippen LogP) is 3.48. The molecule has 0 aromatic heterocycles. The second kappa shape index (κ2) is 4.42. The lowest BCUT2D eigenvalue weighted by molar-refractivity contribution is 0.171. The van der Waals surface area contributed by atoms with Crippen LogP contribution in [-0.2, 0) is 0 Å². The maximum absolute atomic E-state index is 9.61. The van der Waals surface area contributed by atoms with Gasteiger partial charge in [0.15, 0.2) is 11.5 Å². The van der Waals surface area contributed by atoms with Gasteiger partial charge in [-0.2, -0.15) is 0 Å². The molecule has 0 aliphatic carbocycles. The van der Waals surface area contributed by atoms with Gasteiger partial charge in [-0.05, 0) is 35.4 Å². The molecule has 2 aromatic carbocycles. The van der Waals surface area contributed by atoms with E-state index in [4.69, 9.17) is 21.1 Å². The SMILES string of the molecule is Oc1cc(-c2ccc3c(c2)OCCO3)ccc1Cl. The maximum Gasteiger partial charge on any atom is 0.161 e. The Morgan fingerprint density at radius 3 is 2.33 bits per heavy atom. The molecule has 1 N–H and O–H groups in total. The van der Waals surface area contributed by atoms with Crippen LogP contribution < -0.4 is 9.47 Å². The summed E-state index contributed by atoms with van der Waals surface area (Å²) < 4.78 is 11.0. The molecule has 0 amide bonds. The quantitative estimate of drug-likeness (QED) is 0.855. The fraction of sp³-hybridized carbons (Fsp3) is 0.143. The molecule has 3 rings (SSSR count). The molecule has 1 heterocycles. The van der Waals surface area contributed by atoms with Gasteiger partial charge in [-0.1, -0.05) is 23.7 Å². The van der Waals surface area contributed by atoms with Crippen molar-refractivity contribution in [3.63, 3.8) is 0 Å². The van der Waals surface area contributed by atoms with E-state index in [0.29, 0.717) is 18.2 Å². The Morgan fingerprint density at radius 1 is 0.889 bits per heavy atom. The zero-order valence-corrected chi connectivity index (χ0v) is 10.3. The molecule has 0 spiro atoms. The van der Waals surface area contributed by atoms with Gasteiger partial charge < -0.3 is 14.6 Å². The first-order chi connectivity index (χ1) is 8.74. The molecule has 0 unspecified atom stereocenters. The van der Waals surface area contributed by atoms with E-state index in [9.17, 15) is 5.11 Å². The van der Waals surface area contributed by atoms with E-state index in [1.165, 1.54) is 0 Å². The van der Waals surface area contributed by atoms with Crippen LogP contribution in [0.1, 0.15) is 0 Å². The highest BCUT2D eigenvalue weighted by Crippen LogP contribution is 2.36. The van der Waals surface area contributed by atoms with Gasteiger partial charge >= 0.3 is 0 Å². The Bertz CT molecular complexity index is 596. The minimum Gasteiger partial charge on any atom is -0.506 e. The zero-order valence-electron chi connectivity index (χ0n) is 9.52. The van der Waals surface area contributed by atoms with Crippen LogP contribution >= 0.6 is 11.6 Å². The lowest BCUT2D eigenvalue weighted by Gasteiger charge is -2.19. The lowest BCUT2D eigenvalue weighted by Crippen LogP contribution is -2.15. The van der Waals surface area contributed by atoms with E-state index in [1.807, 2.05) is 24.3 Å². The number of halogens is 1. The zero-order chi connectivity index (χ0) is 12.5. The van der Waals surface area contributed by atoms with Crippen LogP contribution in [0.3, 0.4) is 0 Å². The number of fused-ring (bicyclic) bond motifs is 1. The Morgan fingerprint density at radius 2 is 1.56 bits per heavy atom. The average molecular weight is 263 g/mol. The van der Waals surface area contributed by atoms with E-state index in [1.54, 1.807) is 12.1 Å².